The number of hydrogen-bond acceptors (Lipinski definition) is 5. The van der Waals surface area contributed by atoms with Crippen LogP contribution in [-0.2, 0) is 16.0 Å². The zero-order chi connectivity index (χ0) is 20.1. The molecule has 2 aromatic carbocycles. The molecule has 28 heavy (non-hydrogen) atoms. The Morgan fingerprint density at radius 2 is 1.86 bits per heavy atom. The van der Waals surface area contributed by atoms with Crippen molar-refractivity contribution in [3.05, 3.63) is 70.4 Å². The topological polar surface area (TPSA) is 86.7 Å². The summed E-state index contributed by atoms with van der Waals surface area (Å²) in [4.78, 5) is 37.4. The van der Waals surface area contributed by atoms with Gasteiger partial charge in [-0.1, -0.05) is 30.3 Å². The minimum absolute atomic E-state index is 0.0759. The lowest BCUT2D eigenvalue weighted by Crippen LogP contribution is -2.40. The van der Waals surface area contributed by atoms with E-state index in [1.165, 1.54) is 24.3 Å². The number of nitrogens with zero attached hydrogens (tertiary/aromatic N) is 1. The van der Waals surface area contributed by atoms with Gasteiger partial charge in [0, 0.05) is 12.1 Å². The maximum absolute atomic E-state index is 13.7. The van der Waals surface area contributed by atoms with E-state index in [2.05, 4.69) is 5.32 Å². The van der Waals surface area contributed by atoms with Crippen LogP contribution in [0.5, 0.6) is 5.75 Å². The Balaban J connectivity index is 1.55. The quantitative estimate of drug-likeness (QED) is 0.728. The summed E-state index contributed by atoms with van der Waals surface area (Å²) in [5.74, 6) is -1.42. The molecule has 1 heterocycles. The predicted octanol–water partition coefficient (Wildman–Crippen LogP) is 2.93. The fraction of sp³-hybridized carbons (Fsp3) is 0.150. The van der Waals surface area contributed by atoms with Crippen molar-refractivity contribution in [3.63, 3.8) is 0 Å². The average molecular weight is 400 g/mol. The summed E-state index contributed by atoms with van der Waals surface area (Å²) in [6, 6.07) is 12.5. The van der Waals surface area contributed by atoms with Crippen LogP contribution in [0.2, 0.25) is 0 Å². The number of rotatable bonds is 6. The largest absolute Gasteiger partial charge is 0.508 e. The number of thioether (sulfide) groups is 1. The van der Waals surface area contributed by atoms with Crippen molar-refractivity contribution in [2.45, 2.75) is 6.42 Å². The first kappa shape index (κ1) is 19.6. The van der Waals surface area contributed by atoms with E-state index in [1.54, 1.807) is 30.3 Å². The smallest absolute Gasteiger partial charge is 0.294 e. The number of nitrogens with one attached hydrogen (secondary N) is 1. The van der Waals surface area contributed by atoms with E-state index in [9.17, 15) is 23.9 Å². The third kappa shape index (κ3) is 4.77. The van der Waals surface area contributed by atoms with Crippen molar-refractivity contribution in [2.75, 3.05) is 13.1 Å². The van der Waals surface area contributed by atoms with Crippen LogP contribution in [0.25, 0.3) is 6.08 Å². The van der Waals surface area contributed by atoms with Crippen molar-refractivity contribution in [3.8, 4) is 5.75 Å². The normalized spacial score (nSPS) is 15.3. The first-order valence-corrected chi connectivity index (χ1v) is 9.30. The third-order valence-corrected chi connectivity index (χ3v) is 4.95. The minimum atomic E-state index is -0.619. The molecule has 2 N–H and O–H groups in total. The van der Waals surface area contributed by atoms with E-state index >= 15 is 0 Å². The van der Waals surface area contributed by atoms with Crippen LogP contribution in [0.15, 0.2) is 53.4 Å². The lowest BCUT2D eigenvalue weighted by molar-refractivity contribution is -0.129. The molecule has 0 spiro atoms. The Hall–Kier alpha value is -3.13. The van der Waals surface area contributed by atoms with Crippen LogP contribution in [0.4, 0.5) is 9.18 Å². The Morgan fingerprint density at radius 1 is 1.14 bits per heavy atom. The molecule has 0 radical (unpaired) electrons. The molecule has 0 saturated carbocycles. The van der Waals surface area contributed by atoms with E-state index in [-0.39, 0.29) is 16.2 Å². The molecule has 144 valence electrons. The number of amides is 3. The lowest BCUT2D eigenvalue weighted by Gasteiger charge is -2.12. The van der Waals surface area contributed by atoms with E-state index in [1.807, 2.05) is 0 Å². The van der Waals surface area contributed by atoms with Gasteiger partial charge in [0.2, 0.25) is 5.91 Å². The average Bonchev–Trinajstić information content (AvgIpc) is 2.93. The summed E-state index contributed by atoms with van der Waals surface area (Å²) in [6.07, 6.45) is 1.85. The molecule has 0 unspecified atom stereocenters. The van der Waals surface area contributed by atoms with Gasteiger partial charge in [0.05, 0.1) is 4.91 Å². The molecule has 0 aliphatic carbocycles. The molecule has 0 bridgehead atoms. The SMILES string of the molecule is O=C(CN1C(=O)SC(=Cc2ccccc2F)C1=O)NCCc1ccc(O)cc1. The van der Waals surface area contributed by atoms with Crippen LogP contribution < -0.4 is 5.32 Å². The molecule has 0 aromatic heterocycles. The van der Waals surface area contributed by atoms with Gasteiger partial charge in [-0.25, -0.2) is 4.39 Å². The van der Waals surface area contributed by atoms with Gasteiger partial charge in [0.25, 0.3) is 11.1 Å². The predicted molar refractivity (Wildman–Crippen MR) is 104 cm³/mol. The summed E-state index contributed by atoms with van der Waals surface area (Å²) in [5.41, 5.74) is 1.13. The second kappa shape index (κ2) is 8.71. The van der Waals surface area contributed by atoms with Crippen LogP contribution in [0.3, 0.4) is 0 Å². The van der Waals surface area contributed by atoms with Gasteiger partial charge in [-0.15, -0.1) is 0 Å². The van der Waals surface area contributed by atoms with Gasteiger partial charge in [-0.2, -0.15) is 0 Å². The van der Waals surface area contributed by atoms with E-state index < -0.39 is 29.4 Å². The van der Waals surface area contributed by atoms with Crippen molar-refractivity contribution in [2.24, 2.45) is 0 Å². The van der Waals surface area contributed by atoms with Gasteiger partial charge in [-0.05, 0) is 48.0 Å². The molecule has 3 rings (SSSR count). The monoisotopic (exact) mass is 400 g/mol. The fourth-order valence-corrected chi connectivity index (χ4v) is 3.41. The van der Waals surface area contributed by atoms with E-state index in [0.717, 1.165) is 10.5 Å². The number of carbonyl (C=O) groups is 3. The maximum atomic E-state index is 13.7. The lowest BCUT2D eigenvalue weighted by atomic mass is 10.1. The maximum Gasteiger partial charge on any atom is 0.294 e. The zero-order valence-corrected chi connectivity index (χ0v) is 15.5. The highest BCUT2D eigenvalue weighted by Gasteiger charge is 2.36. The minimum Gasteiger partial charge on any atom is -0.508 e. The molecule has 1 fully saturated rings. The number of phenolic OH excluding ortho intramolecular Hbond substituents is 1. The number of imide groups is 1. The van der Waals surface area contributed by atoms with Gasteiger partial charge in [0.15, 0.2) is 0 Å². The Kier molecular flexibility index (Phi) is 6.10. The molecular formula is C20H17FN2O4S. The number of carbonyl (C=O) groups excluding carboxylic acids is 3. The van der Waals surface area contributed by atoms with Gasteiger partial charge >= 0.3 is 0 Å². The number of aromatic hydroxyl groups is 1. The number of benzene rings is 2. The second-order valence-electron chi connectivity index (χ2n) is 6.06. The fourth-order valence-electron chi connectivity index (χ4n) is 2.58. The van der Waals surface area contributed by atoms with E-state index in [4.69, 9.17) is 0 Å². The Labute approximate surface area is 165 Å². The molecule has 3 amide bonds. The first-order chi connectivity index (χ1) is 13.4. The summed E-state index contributed by atoms with van der Waals surface area (Å²) in [6.45, 7) is -0.0697. The van der Waals surface area contributed by atoms with Crippen molar-refractivity contribution in [1.29, 1.82) is 0 Å². The summed E-state index contributed by atoms with van der Waals surface area (Å²) >= 11 is 0.678. The van der Waals surface area contributed by atoms with Crippen molar-refractivity contribution in [1.82, 2.24) is 10.2 Å². The highest BCUT2D eigenvalue weighted by Crippen LogP contribution is 2.32. The van der Waals surface area contributed by atoms with Crippen LogP contribution in [-0.4, -0.2) is 40.1 Å². The Bertz CT molecular complexity index is 943. The highest BCUT2D eigenvalue weighted by atomic mass is 32.2. The van der Waals surface area contributed by atoms with Gasteiger partial charge in [0.1, 0.15) is 18.1 Å². The third-order valence-electron chi connectivity index (χ3n) is 4.04. The van der Waals surface area contributed by atoms with E-state index in [0.29, 0.717) is 24.7 Å². The molecule has 1 aliphatic rings. The summed E-state index contributed by atoms with van der Waals surface area (Å²) in [5, 5.41) is 11.3. The molecule has 2 aromatic rings. The van der Waals surface area contributed by atoms with Gasteiger partial charge in [-0.3, -0.25) is 19.3 Å². The number of hydrogen-bond donors (Lipinski definition) is 2. The molecule has 0 atom stereocenters. The van der Waals surface area contributed by atoms with Crippen molar-refractivity contribution >= 4 is 34.9 Å². The number of phenols is 1. The second-order valence-corrected chi connectivity index (χ2v) is 7.05. The van der Waals surface area contributed by atoms with Crippen LogP contribution in [0, 0.1) is 5.82 Å². The van der Waals surface area contributed by atoms with Gasteiger partial charge < -0.3 is 10.4 Å². The van der Waals surface area contributed by atoms with Crippen molar-refractivity contribution < 1.29 is 23.9 Å². The molecule has 8 heteroatoms. The Morgan fingerprint density at radius 3 is 2.57 bits per heavy atom. The van der Waals surface area contributed by atoms with Crippen LogP contribution >= 0.6 is 11.8 Å². The highest BCUT2D eigenvalue weighted by molar-refractivity contribution is 8.18. The first-order valence-electron chi connectivity index (χ1n) is 8.48. The zero-order valence-electron chi connectivity index (χ0n) is 14.7. The number of halogens is 1. The molecule has 6 nitrogen and oxygen atoms in total. The van der Waals surface area contributed by atoms with Crippen LogP contribution in [0.1, 0.15) is 11.1 Å². The standard InChI is InChI=1S/C20H17FN2O4S/c21-16-4-2-1-3-14(16)11-17-19(26)23(20(27)28-17)12-18(25)22-10-9-13-5-7-15(24)8-6-13/h1-8,11,24H,9-10,12H2,(H,22,25). The molecule has 1 aliphatic heterocycles. The molecular weight excluding hydrogens is 383 g/mol. The summed E-state index contributed by atoms with van der Waals surface area (Å²) < 4.78 is 13.7. The molecule has 1 saturated heterocycles. The summed E-state index contributed by atoms with van der Waals surface area (Å²) in [7, 11) is 0.